The van der Waals surface area contributed by atoms with E-state index in [4.69, 9.17) is 9.47 Å². The maximum absolute atomic E-state index is 11.9. The van der Waals surface area contributed by atoms with Crippen LogP contribution in [0.3, 0.4) is 0 Å². The number of benzene rings is 1. The molecule has 1 aliphatic rings. The van der Waals surface area contributed by atoms with Crippen LogP contribution in [0.15, 0.2) is 30.3 Å². The summed E-state index contributed by atoms with van der Waals surface area (Å²) in [5, 5.41) is 19.6. The summed E-state index contributed by atoms with van der Waals surface area (Å²) in [6.07, 6.45) is -0.810. The van der Waals surface area contributed by atoms with Gasteiger partial charge in [-0.2, -0.15) is 0 Å². The Morgan fingerprint density at radius 3 is 2.85 bits per heavy atom. The highest BCUT2D eigenvalue weighted by Crippen LogP contribution is 2.27. The zero-order chi connectivity index (χ0) is 14.6. The molecule has 1 heterocycles. The molecule has 1 saturated heterocycles. The molecule has 0 aliphatic carbocycles. The van der Waals surface area contributed by atoms with E-state index >= 15 is 0 Å². The summed E-state index contributed by atoms with van der Waals surface area (Å²) >= 11 is 0. The summed E-state index contributed by atoms with van der Waals surface area (Å²) in [4.78, 5) is 11.9. The molecular formula is C15H20O5. The highest BCUT2D eigenvalue weighted by Gasteiger charge is 2.37. The molecule has 0 radical (unpaired) electrons. The fraction of sp³-hybridized carbons (Fsp3) is 0.533. The SMILES string of the molecule is C[C@H](OC(=O)C[C@]1(O)C[C@@H](O)CCO1)c1ccccc1. The summed E-state index contributed by atoms with van der Waals surface area (Å²) in [5.41, 5.74) is 0.887. The van der Waals surface area contributed by atoms with Crippen molar-refractivity contribution in [3.63, 3.8) is 0 Å². The molecule has 1 fully saturated rings. The number of hydrogen-bond acceptors (Lipinski definition) is 5. The average molecular weight is 280 g/mol. The van der Waals surface area contributed by atoms with Crippen molar-refractivity contribution in [3.05, 3.63) is 35.9 Å². The van der Waals surface area contributed by atoms with Crippen LogP contribution in [0.1, 0.15) is 37.9 Å². The molecule has 3 atom stereocenters. The van der Waals surface area contributed by atoms with Crippen LogP contribution in [-0.2, 0) is 14.3 Å². The van der Waals surface area contributed by atoms with Crippen molar-refractivity contribution in [1.29, 1.82) is 0 Å². The van der Waals surface area contributed by atoms with Gasteiger partial charge in [0, 0.05) is 6.42 Å². The minimum Gasteiger partial charge on any atom is -0.458 e. The molecule has 1 aliphatic heterocycles. The van der Waals surface area contributed by atoms with Gasteiger partial charge in [-0.15, -0.1) is 0 Å². The minimum absolute atomic E-state index is 0.0296. The van der Waals surface area contributed by atoms with Gasteiger partial charge in [0.25, 0.3) is 0 Å². The molecule has 0 saturated carbocycles. The lowest BCUT2D eigenvalue weighted by Gasteiger charge is -2.34. The highest BCUT2D eigenvalue weighted by molar-refractivity contribution is 5.70. The van der Waals surface area contributed by atoms with Gasteiger partial charge in [0.15, 0.2) is 5.79 Å². The Morgan fingerprint density at radius 1 is 1.50 bits per heavy atom. The number of ether oxygens (including phenoxy) is 2. The van der Waals surface area contributed by atoms with Crippen LogP contribution in [0, 0.1) is 0 Å². The van der Waals surface area contributed by atoms with Gasteiger partial charge in [0.2, 0.25) is 0 Å². The quantitative estimate of drug-likeness (QED) is 0.818. The number of aliphatic hydroxyl groups is 2. The van der Waals surface area contributed by atoms with Crippen molar-refractivity contribution in [3.8, 4) is 0 Å². The Bertz CT molecular complexity index is 447. The summed E-state index contributed by atoms with van der Waals surface area (Å²) in [7, 11) is 0. The summed E-state index contributed by atoms with van der Waals surface area (Å²) in [5.74, 6) is -2.16. The van der Waals surface area contributed by atoms with Crippen LogP contribution in [0.5, 0.6) is 0 Å². The number of hydrogen-bond donors (Lipinski definition) is 2. The molecule has 0 aromatic heterocycles. The number of rotatable bonds is 4. The molecule has 2 N–H and O–H groups in total. The average Bonchev–Trinajstić information content (AvgIpc) is 2.38. The third kappa shape index (κ3) is 4.03. The van der Waals surface area contributed by atoms with E-state index in [1.54, 1.807) is 6.92 Å². The Kier molecular flexibility index (Phi) is 4.75. The summed E-state index contributed by atoms with van der Waals surface area (Å²) in [6.45, 7) is 2.01. The standard InChI is InChI=1S/C15H20O5/c1-11(12-5-3-2-4-6-12)20-14(17)10-15(18)9-13(16)7-8-19-15/h2-6,11,13,16,18H,7-10H2,1H3/t11-,13-,15-/m0/s1. The van der Waals surface area contributed by atoms with Crippen LogP contribution in [-0.4, -0.2) is 34.7 Å². The number of carbonyl (C=O) groups is 1. The van der Waals surface area contributed by atoms with Crippen molar-refractivity contribution in [2.75, 3.05) is 6.61 Å². The van der Waals surface area contributed by atoms with Gasteiger partial charge in [-0.25, -0.2) is 0 Å². The third-order valence-electron chi connectivity index (χ3n) is 3.37. The topological polar surface area (TPSA) is 76.0 Å². The van der Waals surface area contributed by atoms with E-state index in [0.29, 0.717) is 6.42 Å². The maximum Gasteiger partial charge on any atom is 0.311 e. The van der Waals surface area contributed by atoms with E-state index < -0.39 is 17.9 Å². The first-order chi connectivity index (χ1) is 9.48. The van der Waals surface area contributed by atoms with Gasteiger partial charge < -0.3 is 19.7 Å². The first-order valence-electron chi connectivity index (χ1n) is 6.77. The second kappa shape index (κ2) is 6.35. The van der Waals surface area contributed by atoms with Crippen molar-refractivity contribution in [2.45, 2.75) is 44.2 Å². The van der Waals surface area contributed by atoms with Crippen molar-refractivity contribution in [2.24, 2.45) is 0 Å². The van der Waals surface area contributed by atoms with Crippen LogP contribution in [0.25, 0.3) is 0 Å². The zero-order valence-electron chi connectivity index (χ0n) is 11.5. The molecule has 0 bridgehead atoms. The van der Waals surface area contributed by atoms with E-state index in [-0.39, 0.29) is 25.6 Å². The Hall–Kier alpha value is -1.43. The first kappa shape index (κ1) is 15.0. The second-order valence-electron chi connectivity index (χ2n) is 5.16. The van der Waals surface area contributed by atoms with E-state index in [2.05, 4.69) is 0 Å². The molecule has 5 nitrogen and oxygen atoms in total. The normalized spacial score (nSPS) is 27.9. The molecule has 2 rings (SSSR count). The van der Waals surface area contributed by atoms with E-state index in [1.165, 1.54) is 0 Å². The molecule has 0 spiro atoms. The van der Waals surface area contributed by atoms with Crippen LogP contribution in [0.2, 0.25) is 0 Å². The first-order valence-corrected chi connectivity index (χ1v) is 6.77. The molecular weight excluding hydrogens is 260 g/mol. The maximum atomic E-state index is 11.9. The van der Waals surface area contributed by atoms with Gasteiger partial charge in [0.05, 0.1) is 19.1 Å². The largest absolute Gasteiger partial charge is 0.458 e. The molecule has 20 heavy (non-hydrogen) atoms. The lowest BCUT2D eigenvalue weighted by Crippen LogP contribution is -2.43. The molecule has 0 amide bonds. The van der Waals surface area contributed by atoms with Gasteiger partial charge >= 0.3 is 5.97 Å². The molecule has 5 heteroatoms. The van der Waals surface area contributed by atoms with Crippen LogP contribution >= 0.6 is 0 Å². The Morgan fingerprint density at radius 2 is 2.20 bits per heavy atom. The zero-order valence-corrected chi connectivity index (χ0v) is 11.5. The summed E-state index contributed by atoms with van der Waals surface area (Å²) in [6, 6.07) is 9.36. The number of aliphatic hydroxyl groups excluding tert-OH is 1. The lowest BCUT2D eigenvalue weighted by atomic mass is 10.00. The fourth-order valence-corrected chi connectivity index (χ4v) is 2.29. The highest BCUT2D eigenvalue weighted by atomic mass is 16.6. The monoisotopic (exact) mass is 280 g/mol. The van der Waals surface area contributed by atoms with Gasteiger partial charge in [-0.3, -0.25) is 4.79 Å². The third-order valence-corrected chi connectivity index (χ3v) is 3.37. The minimum atomic E-state index is -1.62. The molecule has 1 aromatic rings. The van der Waals surface area contributed by atoms with E-state index in [9.17, 15) is 15.0 Å². The van der Waals surface area contributed by atoms with Crippen molar-refractivity contribution in [1.82, 2.24) is 0 Å². The van der Waals surface area contributed by atoms with E-state index in [0.717, 1.165) is 5.56 Å². The molecule has 110 valence electrons. The predicted molar refractivity (Wildman–Crippen MR) is 71.7 cm³/mol. The number of esters is 1. The van der Waals surface area contributed by atoms with Crippen molar-refractivity contribution < 1.29 is 24.5 Å². The Labute approximate surface area is 118 Å². The summed E-state index contributed by atoms with van der Waals surface area (Å²) < 4.78 is 10.5. The Balaban J connectivity index is 1.89. The van der Waals surface area contributed by atoms with Crippen LogP contribution in [0.4, 0.5) is 0 Å². The predicted octanol–water partition coefficient (Wildman–Crippen LogP) is 1.54. The van der Waals surface area contributed by atoms with Gasteiger partial charge in [0.1, 0.15) is 6.10 Å². The van der Waals surface area contributed by atoms with Crippen LogP contribution < -0.4 is 0 Å². The number of carbonyl (C=O) groups excluding carboxylic acids is 1. The van der Waals surface area contributed by atoms with Gasteiger partial charge in [-0.05, 0) is 18.9 Å². The lowest BCUT2D eigenvalue weighted by molar-refractivity contribution is -0.249. The van der Waals surface area contributed by atoms with E-state index in [1.807, 2.05) is 30.3 Å². The fourth-order valence-electron chi connectivity index (χ4n) is 2.29. The molecule has 1 aromatic carbocycles. The van der Waals surface area contributed by atoms with Gasteiger partial charge in [-0.1, -0.05) is 30.3 Å². The molecule has 0 unspecified atom stereocenters. The smallest absolute Gasteiger partial charge is 0.311 e. The van der Waals surface area contributed by atoms with Crippen molar-refractivity contribution >= 4 is 5.97 Å². The second-order valence-corrected chi connectivity index (χ2v) is 5.16.